The van der Waals surface area contributed by atoms with Gasteiger partial charge in [0.15, 0.2) is 5.78 Å². The van der Waals surface area contributed by atoms with Crippen molar-refractivity contribution in [2.45, 2.75) is 6.42 Å². The molecule has 2 aromatic heterocycles. The van der Waals surface area contributed by atoms with Crippen LogP contribution >= 0.6 is 11.3 Å². The molecule has 4 aromatic rings. The van der Waals surface area contributed by atoms with E-state index in [4.69, 9.17) is 4.74 Å². The van der Waals surface area contributed by atoms with Crippen molar-refractivity contribution in [3.05, 3.63) is 84.6 Å². The number of ketones is 1. The van der Waals surface area contributed by atoms with Gasteiger partial charge in [0.2, 0.25) is 0 Å². The van der Waals surface area contributed by atoms with Crippen LogP contribution in [0.25, 0.3) is 16.6 Å². The number of hydrogen-bond donors (Lipinski definition) is 1. The van der Waals surface area contributed by atoms with Gasteiger partial charge >= 0.3 is 10.8 Å². The van der Waals surface area contributed by atoms with Gasteiger partial charge in [-0.25, -0.2) is 4.79 Å². The van der Waals surface area contributed by atoms with Crippen LogP contribution in [0.5, 0.6) is 0 Å². The molecular weight excluding hydrogens is 380 g/mol. The van der Waals surface area contributed by atoms with Crippen molar-refractivity contribution >= 4 is 39.6 Å². The molecule has 0 spiro atoms. The summed E-state index contributed by atoms with van der Waals surface area (Å²) in [5.74, 6) is -0.853. The number of benzene rings is 2. The van der Waals surface area contributed by atoms with E-state index in [1.807, 2.05) is 30.3 Å². The second-order valence-electron chi connectivity index (χ2n) is 6.14. The molecule has 0 bridgehead atoms. The fourth-order valence-corrected chi connectivity index (χ4v) is 3.96. The second-order valence-corrected chi connectivity index (χ2v) is 7.11. The van der Waals surface area contributed by atoms with E-state index in [1.165, 1.54) is 29.7 Å². The predicted octanol–water partition coefficient (Wildman–Crippen LogP) is 2.41. The topological polar surface area (TPSA) is 97.7 Å². The number of nitrogens with one attached hydrogen (secondary N) is 1. The standard InChI is InChI=1S/C20H14N2O5S/c1-27-19(25)12-7-8-13-14(10-12)22-17(21-18(13)24)16(28-20(22)26)15(23)9-11-5-3-2-4-6-11/h2-8,10H,9H2,1H3,(H,21,24). The van der Waals surface area contributed by atoms with Crippen LogP contribution in [0.3, 0.4) is 0 Å². The number of aromatic nitrogens is 2. The average Bonchev–Trinajstić information content (AvgIpc) is 3.04. The maximum absolute atomic E-state index is 12.8. The summed E-state index contributed by atoms with van der Waals surface area (Å²) in [4.78, 5) is 52.1. The van der Waals surface area contributed by atoms with Crippen LogP contribution in [-0.2, 0) is 11.2 Å². The van der Waals surface area contributed by atoms with E-state index in [9.17, 15) is 19.2 Å². The molecular formula is C20H14N2O5S. The van der Waals surface area contributed by atoms with Crippen molar-refractivity contribution in [3.8, 4) is 0 Å². The summed E-state index contributed by atoms with van der Waals surface area (Å²) in [7, 11) is 1.25. The smallest absolute Gasteiger partial charge is 0.337 e. The molecule has 0 aliphatic heterocycles. The van der Waals surface area contributed by atoms with Crippen LogP contribution in [-0.4, -0.2) is 28.2 Å². The third-order valence-corrected chi connectivity index (χ3v) is 5.39. The molecule has 0 radical (unpaired) electrons. The zero-order valence-electron chi connectivity index (χ0n) is 14.7. The lowest BCUT2D eigenvalue weighted by molar-refractivity contribution is 0.0600. The van der Waals surface area contributed by atoms with E-state index in [1.54, 1.807) is 0 Å². The molecule has 1 N–H and O–H groups in total. The maximum Gasteiger partial charge on any atom is 0.337 e. The molecule has 0 saturated carbocycles. The van der Waals surface area contributed by atoms with Gasteiger partial charge in [-0.2, -0.15) is 0 Å². The number of carbonyl (C=O) groups excluding carboxylic acids is 2. The number of rotatable bonds is 4. The number of methoxy groups -OCH3 is 1. The van der Waals surface area contributed by atoms with Crippen molar-refractivity contribution in [1.29, 1.82) is 0 Å². The number of esters is 1. The molecule has 0 amide bonds. The molecule has 0 saturated heterocycles. The fourth-order valence-electron chi connectivity index (χ4n) is 3.08. The van der Waals surface area contributed by atoms with Gasteiger partial charge in [0.05, 0.1) is 23.6 Å². The van der Waals surface area contributed by atoms with Crippen molar-refractivity contribution in [3.63, 3.8) is 0 Å². The third kappa shape index (κ3) is 2.93. The minimum atomic E-state index is -0.584. The molecule has 0 aliphatic carbocycles. The van der Waals surface area contributed by atoms with E-state index in [-0.39, 0.29) is 39.2 Å². The highest BCUT2D eigenvalue weighted by Crippen LogP contribution is 2.20. The summed E-state index contributed by atoms with van der Waals surface area (Å²) >= 11 is 0.770. The van der Waals surface area contributed by atoms with Crippen LogP contribution in [0.15, 0.2) is 58.1 Å². The molecule has 8 heteroatoms. The van der Waals surface area contributed by atoms with Crippen LogP contribution in [0.4, 0.5) is 0 Å². The SMILES string of the molecule is COC(=O)c1ccc2c(=O)[nH]c3c(C(=O)Cc4ccccc4)sc(=O)n3c2c1. The van der Waals surface area contributed by atoms with Gasteiger partial charge in [0.25, 0.3) is 5.56 Å². The summed E-state index contributed by atoms with van der Waals surface area (Å²) < 4.78 is 5.96. The number of H-pyrrole nitrogens is 1. The van der Waals surface area contributed by atoms with Gasteiger partial charge in [-0.1, -0.05) is 41.7 Å². The number of thiazole rings is 1. The quantitative estimate of drug-likeness (QED) is 0.423. The molecule has 140 valence electrons. The summed E-state index contributed by atoms with van der Waals surface area (Å²) in [5, 5.41) is 0.238. The van der Waals surface area contributed by atoms with Crippen molar-refractivity contribution < 1.29 is 14.3 Å². The van der Waals surface area contributed by atoms with Crippen molar-refractivity contribution in [1.82, 2.24) is 9.38 Å². The molecule has 0 atom stereocenters. The first-order chi connectivity index (χ1) is 13.5. The molecule has 28 heavy (non-hydrogen) atoms. The van der Waals surface area contributed by atoms with Crippen molar-refractivity contribution in [2.75, 3.05) is 7.11 Å². The highest BCUT2D eigenvalue weighted by atomic mass is 32.1. The Labute approximate surface area is 161 Å². The lowest BCUT2D eigenvalue weighted by Gasteiger charge is -2.05. The number of aromatic amines is 1. The third-order valence-electron chi connectivity index (χ3n) is 4.41. The van der Waals surface area contributed by atoms with Crippen LogP contribution in [0.1, 0.15) is 25.6 Å². The number of carbonyl (C=O) groups is 2. The van der Waals surface area contributed by atoms with Gasteiger partial charge in [-0.15, -0.1) is 0 Å². The highest BCUT2D eigenvalue weighted by Gasteiger charge is 2.20. The van der Waals surface area contributed by atoms with Gasteiger partial charge in [0.1, 0.15) is 10.5 Å². The summed E-state index contributed by atoms with van der Waals surface area (Å²) in [6.07, 6.45) is 0.110. The van der Waals surface area contributed by atoms with E-state index in [0.717, 1.165) is 16.9 Å². The number of ether oxygens (including phenoxy) is 1. The Hall–Kier alpha value is -3.52. The number of Topliss-reactive ketones (excluding diaryl/α,β-unsaturated/α-hetero) is 1. The Kier molecular flexibility index (Phi) is 4.40. The normalized spacial score (nSPS) is 11.0. The van der Waals surface area contributed by atoms with Gasteiger partial charge in [-0.05, 0) is 23.8 Å². The van der Waals surface area contributed by atoms with Crippen LogP contribution < -0.4 is 10.4 Å². The molecule has 0 aliphatic rings. The van der Waals surface area contributed by atoms with Gasteiger partial charge in [0, 0.05) is 6.42 Å². The van der Waals surface area contributed by atoms with Crippen molar-refractivity contribution in [2.24, 2.45) is 0 Å². The first-order valence-electron chi connectivity index (χ1n) is 8.36. The first-order valence-corrected chi connectivity index (χ1v) is 9.18. The van der Waals surface area contributed by atoms with Crippen LogP contribution in [0.2, 0.25) is 0 Å². The maximum atomic E-state index is 12.8. The zero-order chi connectivity index (χ0) is 19.8. The van der Waals surface area contributed by atoms with Crippen LogP contribution in [0, 0.1) is 0 Å². The molecule has 0 fully saturated rings. The summed E-state index contributed by atoms with van der Waals surface area (Å²) in [5.41, 5.74) is 0.954. The molecule has 2 heterocycles. The second kappa shape index (κ2) is 6.90. The Morgan fingerprint density at radius 2 is 1.86 bits per heavy atom. The first kappa shape index (κ1) is 17.9. The number of hydrogen-bond acceptors (Lipinski definition) is 6. The van der Waals surface area contributed by atoms with E-state index in [0.29, 0.717) is 0 Å². The Morgan fingerprint density at radius 1 is 1.11 bits per heavy atom. The number of nitrogens with zero attached hydrogens (tertiary/aromatic N) is 1. The highest BCUT2D eigenvalue weighted by molar-refractivity contribution is 7.12. The van der Waals surface area contributed by atoms with E-state index >= 15 is 0 Å². The monoisotopic (exact) mass is 394 g/mol. The summed E-state index contributed by atoms with van der Waals surface area (Å²) in [6, 6.07) is 13.5. The van der Waals surface area contributed by atoms with Gasteiger partial charge < -0.3 is 9.72 Å². The number of fused-ring (bicyclic) bond motifs is 3. The Morgan fingerprint density at radius 3 is 2.57 bits per heavy atom. The fraction of sp³-hybridized carbons (Fsp3) is 0.100. The average molecular weight is 394 g/mol. The minimum Gasteiger partial charge on any atom is -0.465 e. The predicted molar refractivity (Wildman–Crippen MR) is 105 cm³/mol. The van der Waals surface area contributed by atoms with E-state index < -0.39 is 16.4 Å². The lowest BCUT2D eigenvalue weighted by Crippen LogP contribution is -2.16. The molecule has 2 aromatic carbocycles. The summed E-state index contributed by atoms with van der Waals surface area (Å²) in [6.45, 7) is 0. The zero-order valence-corrected chi connectivity index (χ0v) is 15.5. The Bertz CT molecular complexity index is 1350. The molecule has 7 nitrogen and oxygen atoms in total. The minimum absolute atomic E-state index is 0.110. The van der Waals surface area contributed by atoms with Gasteiger partial charge in [-0.3, -0.25) is 18.8 Å². The Balaban J connectivity index is 1.93. The molecule has 0 unspecified atom stereocenters. The van der Waals surface area contributed by atoms with E-state index in [2.05, 4.69) is 4.98 Å². The lowest BCUT2D eigenvalue weighted by atomic mass is 10.1. The molecule has 4 rings (SSSR count). The largest absolute Gasteiger partial charge is 0.465 e.